The highest BCUT2D eigenvalue weighted by molar-refractivity contribution is 5.94. The van der Waals surface area contributed by atoms with Crippen LogP contribution in [0.4, 0.5) is 11.6 Å². The Hall–Kier alpha value is -3.68. The number of imidazole rings is 1. The highest BCUT2D eigenvalue weighted by Gasteiger charge is 2.37. The van der Waals surface area contributed by atoms with Crippen molar-refractivity contribution < 1.29 is 14.5 Å². The van der Waals surface area contributed by atoms with Crippen LogP contribution in [0.1, 0.15) is 18.5 Å². The van der Waals surface area contributed by atoms with Gasteiger partial charge in [0.1, 0.15) is 6.04 Å². The summed E-state index contributed by atoms with van der Waals surface area (Å²) in [6.45, 7) is 1.73. The third-order valence-electron chi connectivity index (χ3n) is 4.66. The molecule has 0 radical (unpaired) electrons. The number of aromatic nitrogens is 2. The highest BCUT2D eigenvalue weighted by atomic mass is 16.6. The molecule has 0 saturated carbocycles. The van der Waals surface area contributed by atoms with Gasteiger partial charge in [0.2, 0.25) is 5.95 Å². The van der Waals surface area contributed by atoms with Crippen LogP contribution < -0.4 is 5.32 Å². The molecule has 136 valence electrons. The number of hydrogen-bond acceptors (Lipinski definition) is 6. The van der Waals surface area contributed by atoms with Gasteiger partial charge < -0.3 is 10.1 Å². The molecular weight excluding hydrogens is 348 g/mol. The van der Waals surface area contributed by atoms with E-state index < -0.39 is 16.9 Å². The molecule has 1 N–H and O–H groups in total. The molecule has 1 aliphatic heterocycles. The number of rotatable bonds is 3. The molecule has 1 aliphatic rings. The van der Waals surface area contributed by atoms with Gasteiger partial charge in [-0.3, -0.25) is 14.7 Å². The molecule has 2 heterocycles. The van der Waals surface area contributed by atoms with Crippen LogP contribution in [0.5, 0.6) is 0 Å². The lowest BCUT2D eigenvalue weighted by molar-refractivity contribution is -0.385. The van der Waals surface area contributed by atoms with Crippen molar-refractivity contribution >= 4 is 28.6 Å². The minimum atomic E-state index is -0.734. The van der Waals surface area contributed by atoms with Crippen molar-refractivity contribution in [3.8, 4) is 0 Å². The Bertz CT molecular complexity index is 1120. The van der Waals surface area contributed by atoms with Gasteiger partial charge in [-0.25, -0.2) is 9.78 Å². The summed E-state index contributed by atoms with van der Waals surface area (Å²) >= 11 is 0. The quantitative estimate of drug-likeness (QED) is 0.434. The number of para-hydroxylation sites is 3. The van der Waals surface area contributed by atoms with Crippen molar-refractivity contribution in [2.45, 2.75) is 13.0 Å². The Morgan fingerprint density at radius 2 is 1.93 bits per heavy atom. The summed E-state index contributed by atoms with van der Waals surface area (Å²) in [5, 5.41) is 14.8. The number of esters is 1. The molecule has 8 nitrogen and oxygen atoms in total. The summed E-state index contributed by atoms with van der Waals surface area (Å²) in [5.41, 5.74) is 2.67. The molecule has 2 aromatic carbocycles. The van der Waals surface area contributed by atoms with Crippen LogP contribution in [0.3, 0.4) is 0 Å². The van der Waals surface area contributed by atoms with Gasteiger partial charge in [-0.1, -0.05) is 24.3 Å². The molecule has 1 atom stereocenters. The average Bonchev–Trinajstić information content (AvgIpc) is 3.04. The highest BCUT2D eigenvalue weighted by Crippen LogP contribution is 2.42. The number of nitro groups is 1. The van der Waals surface area contributed by atoms with Crippen molar-refractivity contribution in [2.24, 2.45) is 0 Å². The van der Waals surface area contributed by atoms with Crippen LogP contribution in [0.25, 0.3) is 11.0 Å². The van der Waals surface area contributed by atoms with Gasteiger partial charge in [0.05, 0.1) is 34.2 Å². The lowest BCUT2D eigenvalue weighted by Gasteiger charge is -2.29. The van der Waals surface area contributed by atoms with Crippen molar-refractivity contribution in [1.29, 1.82) is 0 Å². The van der Waals surface area contributed by atoms with Crippen LogP contribution >= 0.6 is 0 Å². The Kier molecular flexibility index (Phi) is 3.88. The molecule has 0 fully saturated rings. The molecule has 3 aromatic rings. The normalized spacial score (nSPS) is 16.0. The van der Waals surface area contributed by atoms with E-state index in [1.54, 1.807) is 29.7 Å². The first-order valence-corrected chi connectivity index (χ1v) is 8.29. The fourth-order valence-corrected chi connectivity index (χ4v) is 3.52. The summed E-state index contributed by atoms with van der Waals surface area (Å²) in [4.78, 5) is 28.4. The maximum absolute atomic E-state index is 12.6. The summed E-state index contributed by atoms with van der Waals surface area (Å²) in [6, 6.07) is 13.1. The summed E-state index contributed by atoms with van der Waals surface area (Å²) in [6.07, 6.45) is 0. The number of benzene rings is 2. The monoisotopic (exact) mass is 364 g/mol. The van der Waals surface area contributed by atoms with E-state index in [1.165, 1.54) is 13.2 Å². The molecule has 0 saturated heterocycles. The second-order valence-corrected chi connectivity index (χ2v) is 6.17. The minimum absolute atomic E-state index is 0.0673. The third kappa shape index (κ3) is 2.53. The number of ether oxygens (including phenoxy) is 1. The van der Waals surface area contributed by atoms with Gasteiger partial charge in [-0.05, 0) is 25.1 Å². The minimum Gasteiger partial charge on any atom is -0.466 e. The molecular formula is C19H16N4O4. The molecule has 27 heavy (non-hydrogen) atoms. The van der Waals surface area contributed by atoms with E-state index in [1.807, 2.05) is 24.3 Å². The number of anilines is 1. The number of carbonyl (C=O) groups is 1. The summed E-state index contributed by atoms with van der Waals surface area (Å²) < 4.78 is 6.78. The van der Waals surface area contributed by atoms with Gasteiger partial charge >= 0.3 is 5.97 Å². The molecule has 1 aromatic heterocycles. The summed E-state index contributed by atoms with van der Waals surface area (Å²) in [7, 11) is 1.29. The first-order valence-electron chi connectivity index (χ1n) is 8.29. The number of nitro benzene ring substituents is 1. The largest absolute Gasteiger partial charge is 0.466 e. The van der Waals surface area contributed by atoms with Crippen molar-refractivity contribution in [2.75, 3.05) is 12.4 Å². The zero-order valence-corrected chi connectivity index (χ0v) is 14.7. The van der Waals surface area contributed by atoms with Crippen LogP contribution in [-0.2, 0) is 9.53 Å². The van der Waals surface area contributed by atoms with Crippen molar-refractivity contribution in [3.05, 3.63) is 75.5 Å². The zero-order chi connectivity index (χ0) is 19.1. The second-order valence-electron chi connectivity index (χ2n) is 6.17. The molecule has 8 heteroatoms. The van der Waals surface area contributed by atoms with E-state index in [0.717, 1.165) is 11.0 Å². The second kappa shape index (κ2) is 6.24. The number of nitrogens with zero attached hydrogens (tertiary/aromatic N) is 3. The van der Waals surface area contributed by atoms with Gasteiger partial charge in [-0.15, -0.1) is 0 Å². The first-order chi connectivity index (χ1) is 13.0. The molecule has 1 unspecified atom stereocenters. The Balaban J connectivity index is 2.07. The predicted octanol–water partition coefficient (Wildman–Crippen LogP) is 3.41. The molecule has 0 aliphatic carbocycles. The molecule has 4 rings (SSSR count). The standard InChI is InChI=1S/C19H16N4O4/c1-11-16(18(24)27-2)17(12-7-3-5-9-14(12)23(25)26)22-15-10-6-4-8-13(15)21-19(22)20-11/h3-10,17H,1-2H3,(H,20,21). The van der Waals surface area contributed by atoms with E-state index >= 15 is 0 Å². The van der Waals surface area contributed by atoms with Gasteiger partial charge in [-0.2, -0.15) is 0 Å². The number of hydrogen-bond donors (Lipinski definition) is 1. The Morgan fingerprint density at radius 3 is 2.67 bits per heavy atom. The van der Waals surface area contributed by atoms with Gasteiger partial charge in [0.25, 0.3) is 5.69 Å². The van der Waals surface area contributed by atoms with E-state index in [0.29, 0.717) is 22.8 Å². The number of methoxy groups -OCH3 is 1. The zero-order valence-electron chi connectivity index (χ0n) is 14.7. The van der Waals surface area contributed by atoms with Gasteiger partial charge in [0.15, 0.2) is 0 Å². The molecule has 0 spiro atoms. The molecule has 0 bridgehead atoms. The van der Waals surface area contributed by atoms with Crippen LogP contribution in [-0.4, -0.2) is 27.6 Å². The van der Waals surface area contributed by atoms with E-state index in [2.05, 4.69) is 10.3 Å². The topological polar surface area (TPSA) is 99.3 Å². The SMILES string of the molecule is COC(=O)C1=C(C)Nc2nc3ccccc3n2C1c1ccccc1[N+](=O)[O-]. The van der Waals surface area contributed by atoms with E-state index in [9.17, 15) is 14.9 Å². The van der Waals surface area contributed by atoms with Crippen LogP contribution in [0.2, 0.25) is 0 Å². The Morgan fingerprint density at radius 1 is 1.22 bits per heavy atom. The average molecular weight is 364 g/mol. The first kappa shape index (κ1) is 16.8. The maximum atomic E-state index is 12.6. The van der Waals surface area contributed by atoms with Crippen molar-refractivity contribution in [1.82, 2.24) is 9.55 Å². The number of nitrogens with one attached hydrogen (secondary N) is 1. The smallest absolute Gasteiger partial charge is 0.337 e. The number of fused-ring (bicyclic) bond motifs is 3. The van der Waals surface area contributed by atoms with Gasteiger partial charge in [0, 0.05) is 11.8 Å². The van der Waals surface area contributed by atoms with E-state index in [4.69, 9.17) is 4.74 Å². The lowest BCUT2D eigenvalue weighted by atomic mass is 9.94. The lowest BCUT2D eigenvalue weighted by Crippen LogP contribution is -2.29. The maximum Gasteiger partial charge on any atom is 0.337 e. The fourth-order valence-electron chi connectivity index (χ4n) is 3.52. The molecule has 0 amide bonds. The van der Waals surface area contributed by atoms with E-state index in [-0.39, 0.29) is 5.69 Å². The predicted molar refractivity (Wildman–Crippen MR) is 99.3 cm³/mol. The van der Waals surface area contributed by atoms with Crippen molar-refractivity contribution in [3.63, 3.8) is 0 Å². The summed E-state index contributed by atoms with van der Waals surface area (Å²) in [5.74, 6) is -0.0314. The fraction of sp³-hybridized carbons (Fsp3) is 0.158. The van der Waals surface area contributed by atoms with Crippen LogP contribution in [0.15, 0.2) is 59.8 Å². The number of allylic oxidation sites excluding steroid dienone is 1. The third-order valence-corrected chi connectivity index (χ3v) is 4.66. The number of carbonyl (C=O) groups excluding carboxylic acids is 1. The Labute approximate surface area is 154 Å². The van der Waals surface area contributed by atoms with Crippen LogP contribution in [0, 0.1) is 10.1 Å².